The molecule has 0 bridgehead atoms. The first-order chi connectivity index (χ1) is 10.6. The predicted octanol–water partition coefficient (Wildman–Crippen LogP) is 1.82. The third kappa shape index (κ3) is 3.32. The van der Waals surface area contributed by atoms with E-state index >= 15 is 0 Å². The monoisotopic (exact) mass is 319 g/mol. The van der Waals surface area contributed by atoms with Crippen LogP contribution in [0, 0.1) is 0 Å². The van der Waals surface area contributed by atoms with Crippen molar-refractivity contribution in [3.05, 3.63) is 48.0 Å². The van der Waals surface area contributed by atoms with Gasteiger partial charge in [0.1, 0.15) is 0 Å². The van der Waals surface area contributed by atoms with Crippen LogP contribution in [0.1, 0.15) is 12.0 Å². The Morgan fingerprint density at radius 1 is 1.14 bits per heavy atom. The molecule has 22 heavy (non-hydrogen) atoms. The molecule has 0 saturated carbocycles. The van der Waals surface area contributed by atoms with Crippen molar-refractivity contribution < 1.29 is 13.5 Å². The highest BCUT2D eigenvalue weighted by atomic mass is 32.2. The van der Waals surface area contributed by atoms with E-state index in [2.05, 4.69) is 29.2 Å². The van der Waals surface area contributed by atoms with Crippen LogP contribution in [0.4, 0.5) is 0 Å². The lowest BCUT2D eigenvalue weighted by molar-refractivity contribution is 0.154. The second-order valence-corrected chi connectivity index (χ2v) is 8.12. The molecule has 4 nitrogen and oxygen atoms in total. The van der Waals surface area contributed by atoms with E-state index in [4.69, 9.17) is 0 Å². The standard InChI is InChI=1S/C17H21NO3S/c19-10-9-18(16-8-11-22(20,21)13-16)12-15-6-3-5-14-4-1-2-7-17(14)15/h1-7,16,19H,8-13H2/t16-/m0/s1. The number of rotatable bonds is 5. The minimum Gasteiger partial charge on any atom is -0.395 e. The van der Waals surface area contributed by atoms with Crippen molar-refractivity contribution in [1.82, 2.24) is 4.90 Å². The summed E-state index contributed by atoms with van der Waals surface area (Å²) in [7, 11) is -2.92. The van der Waals surface area contributed by atoms with Crippen LogP contribution in [0.3, 0.4) is 0 Å². The molecule has 5 heteroatoms. The van der Waals surface area contributed by atoms with Crippen LogP contribution in [0.2, 0.25) is 0 Å². The molecular formula is C17H21NO3S. The topological polar surface area (TPSA) is 57.6 Å². The van der Waals surface area contributed by atoms with Crippen molar-refractivity contribution in [3.8, 4) is 0 Å². The Kier molecular flexibility index (Phi) is 4.47. The van der Waals surface area contributed by atoms with Gasteiger partial charge in [-0.15, -0.1) is 0 Å². The molecule has 0 unspecified atom stereocenters. The van der Waals surface area contributed by atoms with Gasteiger partial charge >= 0.3 is 0 Å². The zero-order valence-electron chi connectivity index (χ0n) is 12.5. The van der Waals surface area contributed by atoms with Gasteiger partial charge < -0.3 is 5.11 Å². The molecule has 0 spiro atoms. The Morgan fingerprint density at radius 3 is 2.64 bits per heavy atom. The van der Waals surface area contributed by atoms with Gasteiger partial charge in [0.05, 0.1) is 18.1 Å². The third-order valence-electron chi connectivity index (χ3n) is 4.37. The van der Waals surface area contributed by atoms with Crippen LogP contribution in [-0.2, 0) is 16.4 Å². The predicted molar refractivity (Wildman–Crippen MR) is 88.5 cm³/mol. The Morgan fingerprint density at radius 2 is 1.91 bits per heavy atom. The highest BCUT2D eigenvalue weighted by molar-refractivity contribution is 7.91. The van der Waals surface area contributed by atoms with E-state index in [1.54, 1.807) is 0 Å². The number of sulfone groups is 1. The van der Waals surface area contributed by atoms with Gasteiger partial charge in [-0.25, -0.2) is 8.42 Å². The molecule has 2 aromatic rings. The third-order valence-corrected chi connectivity index (χ3v) is 6.12. The molecule has 1 aliphatic heterocycles. The average molecular weight is 319 g/mol. The second kappa shape index (κ2) is 6.36. The second-order valence-electron chi connectivity index (χ2n) is 5.89. The van der Waals surface area contributed by atoms with Crippen molar-refractivity contribution in [2.24, 2.45) is 0 Å². The number of fused-ring (bicyclic) bond motifs is 1. The van der Waals surface area contributed by atoms with Crippen LogP contribution in [0.5, 0.6) is 0 Å². The normalized spacial score (nSPS) is 20.7. The van der Waals surface area contributed by atoms with E-state index in [0.717, 1.165) is 0 Å². The molecular weight excluding hydrogens is 298 g/mol. The number of aliphatic hydroxyl groups is 1. The van der Waals surface area contributed by atoms with E-state index in [0.29, 0.717) is 19.5 Å². The Balaban J connectivity index is 1.87. The zero-order chi connectivity index (χ0) is 15.6. The SMILES string of the molecule is O=S1(=O)CC[C@H](N(CCO)Cc2cccc3ccccc23)C1. The Labute approximate surface area is 131 Å². The molecule has 118 valence electrons. The van der Waals surface area contributed by atoms with E-state index in [1.807, 2.05) is 18.2 Å². The summed E-state index contributed by atoms with van der Waals surface area (Å²) < 4.78 is 23.5. The van der Waals surface area contributed by atoms with Crippen LogP contribution >= 0.6 is 0 Å². The summed E-state index contributed by atoms with van der Waals surface area (Å²) >= 11 is 0. The highest BCUT2D eigenvalue weighted by Gasteiger charge is 2.32. The molecule has 1 fully saturated rings. The zero-order valence-corrected chi connectivity index (χ0v) is 13.3. The highest BCUT2D eigenvalue weighted by Crippen LogP contribution is 2.24. The first-order valence-electron chi connectivity index (χ1n) is 7.61. The fourth-order valence-electron chi connectivity index (χ4n) is 3.23. The molecule has 1 atom stereocenters. The van der Waals surface area contributed by atoms with Gasteiger partial charge in [-0.2, -0.15) is 0 Å². The molecule has 1 N–H and O–H groups in total. The summed E-state index contributed by atoms with van der Waals surface area (Å²) in [6, 6.07) is 14.4. The lowest BCUT2D eigenvalue weighted by atomic mass is 10.0. The van der Waals surface area contributed by atoms with Crippen molar-refractivity contribution in [2.75, 3.05) is 24.7 Å². The molecule has 1 heterocycles. The summed E-state index contributed by atoms with van der Waals surface area (Å²) in [5.74, 6) is 0.465. The molecule has 3 rings (SSSR count). The summed E-state index contributed by atoms with van der Waals surface area (Å²) in [5, 5.41) is 11.7. The molecule has 1 saturated heterocycles. The maximum atomic E-state index is 11.7. The summed E-state index contributed by atoms with van der Waals surface area (Å²) in [6.07, 6.45) is 0.660. The quantitative estimate of drug-likeness (QED) is 0.913. The average Bonchev–Trinajstić information content (AvgIpc) is 2.87. The number of hydrogen-bond acceptors (Lipinski definition) is 4. The molecule has 0 amide bonds. The Hall–Kier alpha value is -1.43. The van der Waals surface area contributed by atoms with Gasteiger partial charge in [-0.3, -0.25) is 4.90 Å². The smallest absolute Gasteiger partial charge is 0.151 e. The van der Waals surface area contributed by atoms with Gasteiger partial charge in [-0.05, 0) is 22.8 Å². The Bertz CT molecular complexity index is 752. The van der Waals surface area contributed by atoms with Crippen molar-refractivity contribution in [3.63, 3.8) is 0 Å². The van der Waals surface area contributed by atoms with E-state index in [-0.39, 0.29) is 24.2 Å². The number of nitrogens with zero attached hydrogens (tertiary/aromatic N) is 1. The van der Waals surface area contributed by atoms with Gasteiger partial charge in [0.2, 0.25) is 0 Å². The van der Waals surface area contributed by atoms with Crippen LogP contribution in [0.15, 0.2) is 42.5 Å². The maximum Gasteiger partial charge on any atom is 0.151 e. The maximum absolute atomic E-state index is 11.7. The van der Waals surface area contributed by atoms with Crippen LogP contribution in [0.25, 0.3) is 10.8 Å². The lowest BCUT2D eigenvalue weighted by Crippen LogP contribution is -2.37. The first kappa shape index (κ1) is 15.5. The molecule has 2 aromatic carbocycles. The first-order valence-corrected chi connectivity index (χ1v) is 9.43. The van der Waals surface area contributed by atoms with E-state index in [1.165, 1.54) is 16.3 Å². The van der Waals surface area contributed by atoms with E-state index in [9.17, 15) is 13.5 Å². The number of aliphatic hydroxyl groups excluding tert-OH is 1. The largest absolute Gasteiger partial charge is 0.395 e. The molecule has 0 radical (unpaired) electrons. The van der Waals surface area contributed by atoms with Crippen LogP contribution < -0.4 is 0 Å². The van der Waals surface area contributed by atoms with Crippen molar-refractivity contribution in [1.29, 1.82) is 0 Å². The fourth-order valence-corrected chi connectivity index (χ4v) is 4.99. The summed E-state index contributed by atoms with van der Waals surface area (Å²) in [4.78, 5) is 2.10. The molecule has 1 aliphatic rings. The lowest BCUT2D eigenvalue weighted by Gasteiger charge is -2.27. The fraction of sp³-hybridized carbons (Fsp3) is 0.412. The van der Waals surface area contributed by atoms with E-state index < -0.39 is 9.84 Å². The molecule has 0 aromatic heterocycles. The summed E-state index contributed by atoms with van der Waals surface area (Å²) in [5.41, 5.74) is 1.18. The minimum absolute atomic E-state index is 0.0103. The number of hydrogen-bond donors (Lipinski definition) is 1. The number of benzene rings is 2. The minimum atomic E-state index is -2.92. The van der Waals surface area contributed by atoms with Crippen molar-refractivity contribution in [2.45, 2.75) is 19.0 Å². The van der Waals surface area contributed by atoms with Gasteiger partial charge in [0.25, 0.3) is 0 Å². The van der Waals surface area contributed by atoms with Crippen molar-refractivity contribution >= 4 is 20.6 Å². The molecule has 0 aliphatic carbocycles. The van der Waals surface area contributed by atoms with Gasteiger partial charge in [0, 0.05) is 19.1 Å². The van der Waals surface area contributed by atoms with Gasteiger partial charge in [0.15, 0.2) is 9.84 Å². The van der Waals surface area contributed by atoms with Crippen LogP contribution in [-0.4, -0.2) is 49.1 Å². The summed E-state index contributed by atoms with van der Waals surface area (Å²) in [6.45, 7) is 1.22. The van der Waals surface area contributed by atoms with Gasteiger partial charge in [-0.1, -0.05) is 42.5 Å².